The van der Waals surface area contributed by atoms with E-state index in [4.69, 9.17) is 24.3 Å². The van der Waals surface area contributed by atoms with Gasteiger partial charge in [0.25, 0.3) is 6.29 Å². The number of benzene rings is 1. The van der Waals surface area contributed by atoms with Crippen LogP contribution >= 0.6 is 0 Å². The maximum Gasteiger partial charge on any atom is 0.303 e. The van der Waals surface area contributed by atoms with E-state index in [0.29, 0.717) is 24.5 Å². The van der Waals surface area contributed by atoms with Crippen molar-refractivity contribution in [3.63, 3.8) is 0 Å². The van der Waals surface area contributed by atoms with Crippen LogP contribution in [0.5, 0.6) is 11.5 Å². The Hall–Kier alpha value is -2.07. The Morgan fingerprint density at radius 3 is 3.09 bits per heavy atom. The Morgan fingerprint density at radius 2 is 2.32 bits per heavy atom. The molecule has 9 heteroatoms. The van der Waals surface area contributed by atoms with Crippen molar-refractivity contribution in [3.05, 3.63) is 18.2 Å². The first-order valence-corrected chi connectivity index (χ1v) is 6.92. The third-order valence-electron chi connectivity index (χ3n) is 3.18. The van der Waals surface area contributed by atoms with Gasteiger partial charge in [-0.15, -0.1) is 0 Å². The summed E-state index contributed by atoms with van der Waals surface area (Å²) in [5.41, 5.74) is 3.07. The quantitative estimate of drug-likeness (QED) is 0.555. The molecule has 0 aromatic heterocycles. The van der Waals surface area contributed by atoms with Gasteiger partial charge in [0.05, 0.1) is 5.69 Å². The molecule has 0 spiro atoms. The van der Waals surface area contributed by atoms with Crippen LogP contribution in [0.1, 0.15) is 12.8 Å². The van der Waals surface area contributed by atoms with Crippen molar-refractivity contribution in [1.82, 2.24) is 11.0 Å². The molecule has 0 saturated carbocycles. The highest BCUT2D eigenvalue weighted by molar-refractivity contribution is 5.67. The fourth-order valence-corrected chi connectivity index (χ4v) is 2.15. The normalized spacial score (nSPS) is 23.3. The number of nitrogens with one attached hydrogen (secondary N) is 3. The molecule has 22 heavy (non-hydrogen) atoms. The van der Waals surface area contributed by atoms with Gasteiger partial charge in [0.15, 0.2) is 11.5 Å². The van der Waals surface area contributed by atoms with Crippen LogP contribution in [0.2, 0.25) is 0 Å². The first-order chi connectivity index (χ1) is 10.7. The van der Waals surface area contributed by atoms with E-state index in [0.717, 1.165) is 5.69 Å². The van der Waals surface area contributed by atoms with E-state index in [9.17, 15) is 4.79 Å². The summed E-state index contributed by atoms with van der Waals surface area (Å²) in [4.78, 5) is 20.4. The monoisotopic (exact) mass is 311 g/mol. The standard InChI is InChI=1S/C13H17N3O6/c17-10(18)5-2-6-14-8-3-1-4-9-11(8)21-13(20-9)12-15-7-19-16-22-12/h1,3-4,12-16H,2,5-7H2,(H,17,18). The summed E-state index contributed by atoms with van der Waals surface area (Å²) in [5, 5.41) is 14.7. The molecule has 9 nitrogen and oxygen atoms in total. The molecule has 2 atom stereocenters. The molecule has 0 aliphatic carbocycles. The number of carbonyl (C=O) groups is 1. The number of hydrogen-bond acceptors (Lipinski definition) is 8. The van der Waals surface area contributed by atoms with E-state index in [1.165, 1.54) is 0 Å². The molecule has 1 saturated heterocycles. The first-order valence-electron chi connectivity index (χ1n) is 6.92. The van der Waals surface area contributed by atoms with Gasteiger partial charge < -0.3 is 19.9 Å². The summed E-state index contributed by atoms with van der Waals surface area (Å²) in [6.45, 7) is 0.800. The molecule has 1 aromatic carbocycles. The van der Waals surface area contributed by atoms with Crippen LogP contribution in [0.25, 0.3) is 0 Å². The summed E-state index contributed by atoms with van der Waals surface area (Å²) in [7, 11) is 0. The van der Waals surface area contributed by atoms with Crippen LogP contribution in [0.3, 0.4) is 0 Å². The number of para-hydroxylation sites is 1. The second-order valence-electron chi connectivity index (χ2n) is 4.78. The van der Waals surface area contributed by atoms with Gasteiger partial charge in [-0.3, -0.25) is 14.9 Å². The van der Waals surface area contributed by atoms with Crippen molar-refractivity contribution in [2.45, 2.75) is 25.4 Å². The average molecular weight is 311 g/mol. The lowest BCUT2D eigenvalue weighted by molar-refractivity contribution is -0.284. The molecule has 1 aromatic rings. The predicted octanol–water partition coefficient (Wildman–Crippen LogP) is 0.400. The lowest BCUT2D eigenvalue weighted by Crippen LogP contribution is -2.53. The molecule has 2 aliphatic rings. The molecular weight excluding hydrogens is 294 g/mol. The molecule has 4 N–H and O–H groups in total. The fraction of sp³-hybridized carbons (Fsp3) is 0.462. The van der Waals surface area contributed by atoms with Crippen molar-refractivity contribution >= 4 is 11.7 Å². The molecule has 120 valence electrons. The summed E-state index contributed by atoms with van der Waals surface area (Å²) >= 11 is 0. The van der Waals surface area contributed by atoms with Gasteiger partial charge in [-0.1, -0.05) is 11.7 Å². The number of hydrogen-bond donors (Lipinski definition) is 4. The van der Waals surface area contributed by atoms with Crippen molar-refractivity contribution in [2.75, 3.05) is 18.6 Å². The number of rotatable bonds is 6. The Kier molecular flexibility index (Phi) is 4.59. The van der Waals surface area contributed by atoms with Crippen molar-refractivity contribution in [2.24, 2.45) is 0 Å². The van der Waals surface area contributed by atoms with Gasteiger partial charge in [0.1, 0.15) is 6.73 Å². The van der Waals surface area contributed by atoms with Crippen molar-refractivity contribution in [3.8, 4) is 11.5 Å². The average Bonchev–Trinajstić information content (AvgIpc) is 2.97. The zero-order valence-electron chi connectivity index (χ0n) is 11.7. The molecule has 1 fully saturated rings. The largest absolute Gasteiger partial charge is 0.481 e. The van der Waals surface area contributed by atoms with E-state index in [-0.39, 0.29) is 13.2 Å². The summed E-state index contributed by atoms with van der Waals surface area (Å²) in [6, 6.07) is 5.48. The molecule has 2 heterocycles. The minimum atomic E-state index is -0.810. The minimum Gasteiger partial charge on any atom is -0.481 e. The Bertz CT molecular complexity index is 535. The number of carboxylic acid groups (broad SMARTS) is 1. The number of aliphatic carboxylic acids is 1. The van der Waals surface area contributed by atoms with Gasteiger partial charge in [-0.05, 0) is 18.6 Å². The van der Waals surface area contributed by atoms with Gasteiger partial charge in [-0.25, -0.2) is 4.84 Å². The maximum absolute atomic E-state index is 10.5. The summed E-state index contributed by atoms with van der Waals surface area (Å²) < 4.78 is 11.5. The minimum absolute atomic E-state index is 0.119. The van der Waals surface area contributed by atoms with Crippen LogP contribution in [0.15, 0.2) is 18.2 Å². The van der Waals surface area contributed by atoms with Crippen molar-refractivity contribution < 1.29 is 29.0 Å². The second kappa shape index (κ2) is 6.79. The lowest BCUT2D eigenvalue weighted by atomic mass is 10.2. The zero-order valence-corrected chi connectivity index (χ0v) is 11.7. The summed E-state index contributed by atoms with van der Waals surface area (Å²) in [5.74, 6) is 0.375. The number of anilines is 1. The fourth-order valence-electron chi connectivity index (χ4n) is 2.15. The van der Waals surface area contributed by atoms with E-state index >= 15 is 0 Å². The molecule has 0 amide bonds. The van der Waals surface area contributed by atoms with Crippen LogP contribution < -0.4 is 25.8 Å². The number of fused-ring (bicyclic) bond motifs is 1. The SMILES string of the molecule is O=C(O)CCCNc1cccc2c1OC(C1NCONO1)O2. The van der Waals surface area contributed by atoms with Gasteiger partial charge >= 0.3 is 5.97 Å². The first kappa shape index (κ1) is 14.9. The zero-order chi connectivity index (χ0) is 15.4. The van der Waals surface area contributed by atoms with E-state index in [1.54, 1.807) is 6.07 Å². The van der Waals surface area contributed by atoms with Crippen LogP contribution in [0, 0.1) is 0 Å². The van der Waals surface area contributed by atoms with Gasteiger partial charge in [-0.2, -0.15) is 0 Å². The lowest BCUT2D eigenvalue weighted by Gasteiger charge is -2.26. The Morgan fingerprint density at radius 1 is 1.41 bits per heavy atom. The van der Waals surface area contributed by atoms with Gasteiger partial charge in [0, 0.05) is 13.0 Å². The molecular formula is C13H17N3O6. The molecule has 2 aliphatic heterocycles. The van der Waals surface area contributed by atoms with Crippen LogP contribution in [0.4, 0.5) is 5.69 Å². The third kappa shape index (κ3) is 3.39. The number of ether oxygens (including phenoxy) is 2. The van der Waals surface area contributed by atoms with Gasteiger partial charge in [0.2, 0.25) is 6.23 Å². The Labute approximate surface area is 126 Å². The highest BCUT2D eigenvalue weighted by Gasteiger charge is 2.35. The van der Waals surface area contributed by atoms with E-state index < -0.39 is 18.5 Å². The maximum atomic E-state index is 10.5. The Balaban J connectivity index is 1.60. The molecule has 2 unspecified atom stereocenters. The van der Waals surface area contributed by atoms with E-state index in [1.807, 2.05) is 12.1 Å². The predicted molar refractivity (Wildman–Crippen MR) is 73.9 cm³/mol. The molecule has 0 radical (unpaired) electrons. The van der Waals surface area contributed by atoms with Crippen LogP contribution in [-0.2, 0) is 14.5 Å². The molecule has 3 rings (SSSR count). The highest BCUT2D eigenvalue weighted by Crippen LogP contribution is 2.41. The third-order valence-corrected chi connectivity index (χ3v) is 3.18. The smallest absolute Gasteiger partial charge is 0.303 e. The molecule has 0 bridgehead atoms. The summed E-state index contributed by atoms with van der Waals surface area (Å²) in [6.07, 6.45) is -0.514. The van der Waals surface area contributed by atoms with Crippen molar-refractivity contribution in [1.29, 1.82) is 0 Å². The second-order valence-corrected chi connectivity index (χ2v) is 4.78. The highest BCUT2D eigenvalue weighted by atomic mass is 16.9. The van der Waals surface area contributed by atoms with Crippen LogP contribution in [-0.4, -0.2) is 36.9 Å². The topological polar surface area (TPSA) is 110 Å². The van der Waals surface area contributed by atoms with E-state index in [2.05, 4.69) is 16.3 Å². The number of carboxylic acids is 1.